The molecule has 0 aliphatic heterocycles. The van der Waals surface area contributed by atoms with E-state index in [-0.39, 0.29) is 0 Å². The van der Waals surface area contributed by atoms with Crippen LogP contribution in [0.15, 0.2) is 6.07 Å². The monoisotopic (exact) mass is 274 g/mol. The van der Waals surface area contributed by atoms with Crippen LogP contribution in [0.1, 0.15) is 74.5 Å². The van der Waals surface area contributed by atoms with Crippen molar-refractivity contribution in [3.63, 3.8) is 0 Å². The second kappa shape index (κ2) is 6.71. The Hall–Kier alpha value is -0.890. The molecule has 0 amide bonds. The zero-order valence-electron chi connectivity index (χ0n) is 13.8. The third-order valence-corrected chi connectivity index (χ3v) is 4.89. The smallest absolute Gasteiger partial charge is 0.0426 e. The molecule has 2 heteroatoms. The number of hydrogen-bond acceptors (Lipinski definition) is 2. The average molecular weight is 274 g/mol. The molecule has 1 aromatic rings. The molecule has 0 bridgehead atoms. The Balaban J connectivity index is 2.06. The summed E-state index contributed by atoms with van der Waals surface area (Å²) in [7, 11) is 0. The highest BCUT2D eigenvalue weighted by atomic mass is 15.0. The van der Waals surface area contributed by atoms with Crippen LogP contribution >= 0.6 is 0 Å². The summed E-state index contributed by atoms with van der Waals surface area (Å²) in [5.41, 5.74) is 5.05. The van der Waals surface area contributed by atoms with Crippen LogP contribution in [0, 0.1) is 26.7 Å². The summed E-state index contributed by atoms with van der Waals surface area (Å²) in [6.45, 7) is 11.1. The zero-order chi connectivity index (χ0) is 14.7. The van der Waals surface area contributed by atoms with Crippen LogP contribution in [0.4, 0.5) is 0 Å². The normalized spacial score (nSPS) is 19.9. The Morgan fingerprint density at radius 2 is 1.75 bits per heavy atom. The minimum atomic E-state index is 0.389. The summed E-state index contributed by atoms with van der Waals surface area (Å²) in [6, 6.07) is 3.19. The highest BCUT2D eigenvalue weighted by Gasteiger charge is 2.22. The van der Waals surface area contributed by atoms with Gasteiger partial charge in [-0.25, -0.2) is 0 Å². The topological polar surface area (TPSA) is 24.9 Å². The summed E-state index contributed by atoms with van der Waals surface area (Å²) in [5, 5.41) is 3.83. The number of pyridine rings is 1. The Morgan fingerprint density at radius 3 is 2.35 bits per heavy atom. The first-order valence-electron chi connectivity index (χ1n) is 8.20. The van der Waals surface area contributed by atoms with E-state index in [1.165, 1.54) is 48.9 Å². The average Bonchev–Trinajstić information content (AvgIpc) is 2.38. The van der Waals surface area contributed by atoms with E-state index in [9.17, 15) is 0 Å². The van der Waals surface area contributed by atoms with Gasteiger partial charge in [0.25, 0.3) is 0 Å². The van der Waals surface area contributed by atoms with Gasteiger partial charge in [0.2, 0.25) is 0 Å². The van der Waals surface area contributed by atoms with Gasteiger partial charge in [0.1, 0.15) is 0 Å². The van der Waals surface area contributed by atoms with Crippen molar-refractivity contribution < 1.29 is 0 Å². The third kappa shape index (κ3) is 3.60. The Bertz CT molecular complexity index is 424. The van der Waals surface area contributed by atoms with Crippen molar-refractivity contribution in [1.82, 2.24) is 10.3 Å². The van der Waals surface area contributed by atoms with E-state index in [1.807, 2.05) is 0 Å². The van der Waals surface area contributed by atoms with Gasteiger partial charge in [-0.05, 0) is 70.6 Å². The van der Waals surface area contributed by atoms with Crippen LogP contribution in [0.3, 0.4) is 0 Å². The van der Waals surface area contributed by atoms with Crippen molar-refractivity contribution in [3.8, 4) is 0 Å². The van der Waals surface area contributed by atoms with Crippen LogP contribution in [0.25, 0.3) is 0 Å². The molecule has 1 unspecified atom stereocenters. The van der Waals surface area contributed by atoms with E-state index < -0.39 is 0 Å². The van der Waals surface area contributed by atoms with E-state index in [4.69, 9.17) is 0 Å². The van der Waals surface area contributed by atoms with Crippen LogP contribution in [-0.2, 0) is 0 Å². The number of rotatable bonds is 4. The van der Waals surface area contributed by atoms with Crippen molar-refractivity contribution >= 4 is 0 Å². The van der Waals surface area contributed by atoms with E-state index in [2.05, 4.69) is 51.0 Å². The third-order valence-electron chi connectivity index (χ3n) is 4.89. The van der Waals surface area contributed by atoms with E-state index >= 15 is 0 Å². The molecule has 0 spiro atoms. The van der Waals surface area contributed by atoms with Crippen molar-refractivity contribution in [2.24, 2.45) is 5.92 Å². The largest absolute Gasteiger partial charge is 0.307 e. The summed E-state index contributed by atoms with van der Waals surface area (Å²) in [5.74, 6) is 0.852. The predicted octanol–water partition coefficient (Wildman–Crippen LogP) is 4.63. The van der Waals surface area contributed by atoms with Gasteiger partial charge in [0.15, 0.2) is 0 Å². The number of nitrogens with one attached hydrogen (secondary N) is 1. The molecule has 2 rings (SSSR count). The first-order chi connectivity index (χ1) is 9.49. The van der Waals surface area contributed by atoms with Crippen LogP contribution in [0.2, 0.25) is 0 Å². The molecule has 20 heavy (non-hydrogen) atoms. The summed E-state index contributed by atoms with van der Waals surface area (Å²) in [4.78, 5) is 4.64. The molecule has 112 valence electrons. The maximum absolute atomic E-state index is 4.64. The van der Waals surface area contributed by atoms with Gasteiger partial charge in [-0.2, -0.15) is 0 Å². The second-order valence-corrected chi connectivity index (χ2v) is 6.65. The van der Waals surface area contributed by atoms with Crippen LogP contribution in [0.5, 0.6) is 0 Å². The fourth-order valence-electron chi connectivity index (χ4n) is 3.94. The molecule has 2 atom stereocenters. The molecule has 1 saturated carbocycles. The first kappa shape index (κ1) is 15.5. The lowest BCUT2D eigenvalue weighted by molar-refractivity contribution is 0.268. The molecule has 1 aliphatic rings. The molecule has 1 N–H and O–H groups in total. The fourth-order valence-corrected chi connectivity index (χ4v) is 3.94. The number of aryl methyl sites for hydroxylation is 3. The van der Waals surface area contributed by atoms with E-state index in [0.717, 1.165) is 11.6 Å². The van der Waals surface area contributed by atoms with Crippen LogP contribution in [-0.4, -0.2) is 11.0 Å². The Kier molecular flexibility index (Phi) is 5.20. The van der Waals surface area contributed by atoms with E-state index in [0.29, 0.717) is 12.1 Å². The number of nitrogens with zero attached hydrogens (tertiary/aromatic N) is 1. The van der Waals surface area contributed by atoms with Gasteiger partial charge in [-0.15, -0.1) is 0 Å². The minimum Gasteiger partial charge on any atom is -0.307 e. The van der Waals surface area contributed by atoms with Gasteiger partial charge in [0, 0.05) is 23.5 Å². The number of hydrogen-bond donors (Lipinski definition) is 1. The molecule has 1 fully saturated rings. The number of aromatic nitrogens is 1. The highest BCUT2D eigenvalue weighted by molar-refractivity contribution is 5.33. The van der Waals surface area contributed by atoms with Crippen molar-refractivity contribution in [3.05, 3.63) is 28.6 Å². The maximum Gasteiger partial charge on any atom is 0.0426 e. The highest BCUT2D eigenvalue weighted by Crippen LogP contribution is 2.28. The van der Waals surface area contributed by atoms with Crippen LogP contribution < -0.4 is 5.32 Å². The van der Waals surface area contributed by atoms with Crippen molar-refractivity contribution in [1.29, 1.82) is 0 Å². The van der Waals surface area contributed by atoms with Gasteiger partial charge < -0.3 is 5.32 Å². The van der Waals surface area contributed by atoms with Gasteiger partial charge in [-0.3, -0.25) is 4.98 Å². The maximum atomic E-state index is 4.64. The van der Waals surface area contributed by atoms with Crippen molar-refractivity contribution in [2.45, 2.75) is 78.8 Å². The lowest BCUT2D eigenvalue weighted by atomic mass is 9.84. The minimum absolute atomic E-state index is 0.389. The fraction of sp³-hybridized carbons (Fsp3) is 0.722. The summed E-state index contributed by atoms with van der Waals surface area (Å²) in [6.07, 6.45) is 7.04. The SMILES string of the molecule is Cc1cc(C)c(C(C)N[C@@H](C)C2CCCCC2)c(C)n1. The summed E-state index contributed by atoms with van der Waals surface area (Å²) >= 11 is 0. The molecule has 1 aliphatic carbocycles. The molecular weight excluding hydrogens is 244 g/mol. The first-order valence-corrected chi connectivity index (χ1v) is 8.20. The molecular formula is C18H30N2. The lowest BCUT2D eigenvalue weighted by Crippen LogP contribution is -2.36. The molecule has 0 saturated heterocycles. The second-order valence-electron chi connectivity index (χ2n) is 6.65. The lowest BCUT2D eigenvalue weighted by Gasteiger charge is -2.31. The van der Waals surface area contributed by atoms with E-state index in [1.54, 1.807) is 0 Å². The molecule has 0 aromatic carbocycles. The van der Waals surface area contributed by atoms with Gasteiger partial charge in [0.05, 0.1) is 0 Å². The Morgan fingerprint density at radius 1 is 1.10 bits per heavy atom. The summed E-state index contributed by atoms with van der Waals surface area (Å²) < 4.78 is 0. The van der Waals surface area contributed by atoms with Gasteiger partial charge >= 0.3 is 0 Å². The molecule has 1 aromatic heterocycles. The van der Waals surface area contributed by atoms with Crippen molar-refractivity contribution in [2.75, 3.05) is 0 Å². The zero-order valence-corrected chi connectivity index (χ0v) is 13.8. The predicted molar refractivity (Wildman–Crippen MR) is 86.0 cm³/mol. The van der Waals surface area contributed by atoms with Gasteiger partial charge in [-0.1, -0.05) is 19.3 Å². The molecule has 2 nitrogen and oxygen atoms in total. The standard InChI is InChI=1S/C18H30N2/c1-12-11-13(2)19-15(4)18(12)16(5)20-14(3)17-9-7-6-8-10-17/h11,14,16-17,20H,6-10H2,1-5H3/t14-,16?/m0/s1. The Labute approximate surface area is 124 Å². The molecule has 0 radical (unpaired) electrons. The molecule has 1 heterocycles. The quantitative estimate of drug-likeness (QED) is 0.866.